The lowest BCUT2D eigenvalue weighted by atomic mass is 9.84. The van der Waals surface area contributed by atoms with Crippen LogP contribution in [0.4, 0.5) is 0 Å². The minimum absolute atomic E-state index is 0.329. The molecule has 0 spiro atoms. The Morgan fingerprint density at radius 1 is 1.32 bits per heavy atom. The van der Waals surface area contributed by atoms with Crippen molar-refractivity contribution in [3.63, 3.8) is 0 Å². The minimum Gasteiger partial charge on any atom is -0.469 e. The quantitative estimate of drug-likeness (QED) is 0.843. The monoisotopic (exact) mass is 323 g/mol. The molecule has 0 saturated carbocycles. The molecule has 0 amide bonds. The highest BCUT2D eigenvalue weighted by molar-refractivity contribution is 6.39. The van der Waals surface area contributed by atoms with Crippen molar-refractivity contribution in [2.24, 2.45) is 11.1 Å². The molecule has 0 aliphatic rings. The number of nitrogens with two attached hydrogens (primary N) is 1. The van der Waals surface area contributed by atoms with Crippen LogP contribution in [-0.2, 0) is 9.53 Å². The first-order valence-corrected chi connectivity index (χ1v) is 6.81. The van der Waals surface area contributed by atoms with E-state index in [9.17, 15) is 4.79 Å². The van der Waals surface area contributed by atoms with E-state index in [4.69, 9.17) is 45.3 Å². The van der Waals surface area contributed by atoms with Gasteiger partial charge in [-0.25, -0.2) is 0 Å². The number of esters is 1. The van der Waals surface area contributed by atoms with Gasteiger partial charge in [-0.3, -0.25) is 4.79 Å². The number of rotatable bonds is 4. The molecule has 1 aromatic rings. The lowest BCUT2D eigenvalue weighted by Gasteiger charge is -2.26. The molecule has 0 heterocycles. The Labute approximate surface area is 128 Å². The number of benzene rings is 1. The molecule has 0 radical (unpaired) electrons. The number of hydrogen-bond donors (Lipinski definition) is 1. The zero-order chi connectivity index (χ0) is 14.8. The molecule has 3 nitrogen and oxygen atoms in total. The maximum Gasteiger partial charge on any atom is 0.311 e. The Balaban J connectivity index is 3.02. The van der Waals surface area contributed by atoms with Gasteiger partial charge in [-0.2, -0.15) is 0 Å². The van der Waals surface area contributed by atoms with Crippen LogP contribution in [0.3, 0.4) is 0 Å². The van der Waals surface area contributed by atoms with E-state index in [1.165, 1.54) is 7.11 Å². The minimum atomic E-state index is -0.722. The summed E-state index contributed by atoms with van der Waals surface area (Å²) in [5.41, 5.74) is 5.97. The van der Waals surface area contributed by atoms with Crippen molar-refractivity contribution < 1.29 is 9.53 Å². The third kappa shape index (κ3) is 3.99. The summed E-state index contributed by atoms with van der Waals surface area (Å²) in [4.78, 5) is 11.7. The van der Waals surface area contributed by atoms with Crippen LogP contribution in [-0.4, -0.2) is 13.1 Å². The molecule has 19 heavy (non-hydrogen) atoms. The van der Waals surface area contributed by atoms with Crippen molar-refractivity contribution in [3.8, 4) is 0 Å². The second-order valence-corrected chi connectivity index (χ2v) is 6.22. The average molecular weight is 325 g/mol. The highest BCUT2D eigenvalue weighted by Crippen LogP contribution is 2.37. The van der Waals surface area contributed by atoms with Gasteiger partial charge in [0.1, 0.15) is 0 Å². The van der Waals surface area contributed by atoms with Gasteiger partial charge in [0.25, 0.3) is 0 Å². The molecule has 1 atom stereocenters. The summed E-state index contributed by atoms with van der Waals surface area (Å²) >= 11 is 18.1. The van der Waals surface area contributed by atoms with Crippen molar-refractivity contribution in [2.45, 2.75) is 26.3 Å². The second-order valence-electron chi connectivity index (χ2n) is 4.97. The lowest BCUT2D eigenvalue weighted by molar-refractivity contribution is -0.151. The predicted molar refractivity (Wildman–Crippen MR) is 78.8 cm³/mol. The molecule has 0 aliphatic heterocycles. The SMILES string of the molecule is COC(=O)C(C)(C)CC(N)c1c(Cl)cc(Cl)cc1Cl. The van der Waals surface area contributed by atoms with Crippen LogP contribution in [0.2, 0.25) is 15.1 Å². The topological polar surface area (TPSA) is 52.3 Å². The second kappa shape index (κ2) is 6.31. The largest absolute Gasteiger partial charge is 0.469 e. The highest BCUT2D eigenvalue weighted by Gasteiger charge is 2.32. The van der Waals surface area contributed by atoms with Crippen molar-refractivity contribution in [3.05, 3.63) is 32.8 Å². The van der Waals surface area contributed by atoms with Crippen LogP contribution >= 0.6 is 34.8 Å². The van der Waals surface area contributed by atoms with Crippen LogP contribution in [0.15, 0.2) is 12.1 Å². The van der Waals surface area contributed by atoms with Gasteiger partial charge in [-0.05, 0) is 32.4 Å². The fraction of sp³-hybridized carbons (Fsp3) is 0.462. The summed E-state index contributed by atoms with van der Waals surface area (Å²) in [6, 6.07) is 2.68. The van der Waals surface area contributed by atoms with Crippen molar-refractivity contribution in [1.29, 1.82) is 0 Å². The van der Waals surface area contributed by atoms with E-state index in [1.807, 2.05) is 0 Å². The summed E-state index contributed by atoms with van der Waals surface area (Å²) in [5.74, 6) is -0.329. The fourth-order valence-corrected chi connectivity index (χ4v) is 3.02. The zero-order valence-electron chi connectivity index (χ0n) is 11.0. The van der Waals surface area contributed by atoms with E-state index >= 15 is 0 Å². The molecule has 1 aromatic carbocycles. The summed E-state index contributed by atoms with van der Waals surface area (Å²) in [7, 11) is 1.35. The Kier molecular flexibility index (Phi) is 5.51. The lowest BCUT2D eigenvalue weighted by Crippen LogP contribution is -2.30. The van der Waals surface area contributed by atoms with Gasteiger partial charge in [0.15, 0.2) is 0 Å². The summed E-state index contributed by atoms with van der Waals surface area (Å²) in [5, 5.41) is 1.23. The van der Waals surface area contributed by atoms with E-state index in [0.29, 0.717) is 27.1 Å². The van der Waals surface area contributed by atoms with Gasteiger partial charge in [-0.15, -0.1) is 0 Å². The van der Waals surface area contributed by atoms with E-state index in [-0.39, 0.29) is 5.97 Å². The average Bonchev–Trinajstić information content (AvgIpc) is 2.25. The standard InChI is InChI=1S/C13H16Cl3NO2/c1-13(2,12(18)19-3)6-10(17)11-8(15)4-7(14)5-9(11)16/h4-5,10H,6,17H2,1-3H3. The Bertz CT molecular complexity index is 466. The molecular weight excluding hydrogens is 309 g/mol. The maximum atomic E-state index is 11.7. The molecule has 0 saturated heterocycles. The van der Waals surface area contributed by atoms with Gasteiger partial charge >= 0.3 is 5.97 Å². The Hall–Kier alpha value is -0.480. The Morgan fingerprint density at radius 2 is 1.79 bits per heavy atom. The number of carbonyl (C=O) groups is 1. The maximum absolute atomic E-state index is 11.7. The van der Waals surface area contributed by atoms with Gasteiger partial charge in [0, 0.05) is 26.7 Å². The number of carbonyl (C=O) groups excluding carboxylic acids is 1. The number of ether oxygens (including phenoxy) is 1. The van der Waals surface area contributed by atoms with Crippen LogP contribution in [0.5, 0.6) is 0 Å². The van der Waals surface area contributed by atoms with E-state index in [2.05, 4.69) is 0 Å². The first-order valence-electron chi connectivity index (χ1n) is 5.67. The predicted octanol–water partition coefficient (Wildman–Crippen LogP) is 4.24. The van der Waals surface area contributed by atoms with Gasteiger partial charge in [0.05, 0.1) is 12.5 Å². The molecule has 2 N–H and O–H groups in total. The van der Waals surface area contributed by atoms with Crippen LogP contribution in [0.1, 0.15) is 31.9 Å². The molecular formula is C13H16Cl3NO2. The smallest absolute Gasteiger partial charge is 0.311 e. The third-order valence-corrected chi connectivity index (χ3v) is 3.73. The first kappa shape index (κ1) is 16.6. The van der Waals surface area contributed by atoms with E-state index in [0.717, 1.165) is 0 Å². The van der Waals surface area contributed by atoms with Gasteiger partial charge < -0.3 is 10.5 Å². The molecule has 0 fully saturated rings. The van der Waals surface area contributed by atoms with Crippen LogP contribution in [0, 0.1) is 5.41 Å². The summed E-state index contributed by atoms with van der Waals surface area (Å²) in [6.45, 7) is 3.52. The normalized spacial score (nSPS) is 13.2. The molecule has 6 heteroatoms. The molecule has 0 bridgehead atoms. The van der Waals surface area contributed by atoms with Gasteiger partial charge in [-0.1, -0.05) is 34.8 Å². The first-order chi connectivity index (χ1) is 8.69. The fourth-order valence-electron chi connectivity index (χ4n) is 1.92. The number of hydrogen-bond acceptors (Lipinski definition) is 3. The van der Waals surface area contributed by atoms with Crippen LogP contribution < -0.4 is 5.73 Å². The summed E-state index contributed by atoms with van der Waals surface area (Å²) in [6.07, 6.45) is 0.362. The molecule has 0 aromatic heterocycles. The van der Waals surface area contributed by atoms with Crippen molar-refractivity contribution in [1.82, 2.24) is 0 Å². The van der Waals surface area contributed by atoms with Crippen molar-refractivity contribution >= 4 is 40.8 Å². The van der Waals surface area contributed by atoms with Gasteiger partial charge in [0.2, 0.25) is 0 Å². The number of methoxy groups -OCH3 is 1. The molecule has 0 aliphatic carbocycles. The van der Waals surface area contributed by atoms with E-state index in [1.54, 1.807) is 26.0 Å². The third-order valence-electron chi connectivity index (χ3n) is 2.88. The molecule has 106 valence electrons. The molecule has 1 unspecified atom stereocenters. The molecule has 1 rings (SSSR count). The summed E-state index contributed by atoms with van der Waals surface area (Å²) < 4.78 is 4.75. The number of halogens is 3. The van der Waals surface area contributed by atoms with Crippen LogP contribution in [0.25, 0.3) is 0 Å². The highest BCUT2D eigenvalue weighted by atomic mass is 35.5. The van der Waals surface area contributed by atoms with E-state index < -0.39 is 11.5 Å². The zero-order valence-corrected chi connectivity index (χ0v) is 13.2. The van der Waals surface area contributed by atoms with Crippen molar-refractivity contribution in [2.75, 3.05) is 7.11 Å². The Morgan fingerprint density at radius 3 is 2.21 bits per heavy atom.